The Labute approximate surface area is 196 Å². The van der Waals surface area contributed by atoms with Crippen molar-refractivity contribution < 1.29 is 19.1 Å². The van der Waals surface area contributed by atoms with Crippen molar-refractivity contribution in [3.63, 3.8) is 0 Å². The molecule has 176 valence electrons. The first kappa shape index (κ1) is 22.7. The molecule has 4 fully saturated rings. The molecular formula is C27H38O4S. The highest BCUT2D eigenvalue weighted by Crippen LogP contribution is 2.70. The van der Waals surface area contributed by atoms with Crippen LogP contribution in [0.5, 0.6) is 0 Å². The Balaban J connectivity index is 1.52. The second-order valence-corrected chi connectivity index (χ2v) is 13.4. The van der Waals surface area contributed by atoms with Gasteiger partial charge < -0.3 is 4.74 Å². The fourth-order valence-corrected chi connectivity index (χ4v) is 10.0. The van der Waals surface area contributed by atoms with Gasteiger partial charge in [-0.1, -0.05) is 45.0 Å². The molecule has 0 radical (unpaired) electrons. The van der Waals surface area contributed by atoms with Gasteiger partial charge >= 0.3 is 5.97 Å². The topological polar surface area (TPSA) is 60.4 Å². The molecule has 0 amide bonds. The number of rotatable bonds is 3. The molecule has 1 spiro atoms. The first-order valence-corrected chi connectivity index (χ1v) is 13.6. The van der Waals surface area contributed by atoms with E-state index in [1.807, 2.05) is 6.08 Å². The van der Waals surface area contributed by atoms with Crippen LogP contribution in [0, 0.1) is 34.5 Å². The monoisotopic (exact) mass is 458 g/mol. The molecule has 5 heteroatoms. The third-order valence-corrected chi connectivity index (χ3v) is 11.4. The van der Waals surface area contributed by atoms with Crippen LogP contribution >= 0.6 is 11.8 Å². The van der Waals surface area contributed by atoms with E-state index in [9.17, 15) is 14.4 Å². The number of allylic oxidation sites excluding steroid dienone is 1. The first-order valence-electron chi connectivity index (χ1n) is 12.7. The van der Waals surface area contributed by atoms with Crippen molar-refractivity contribution in [3.05, 3.63) is 11.6 Å². The van der Waals surface area contributed by atoms with Crippen LogP contribution < -0.4 is 0 Å². The summed E-state index contributed by atoms with van der Waals surface area (Å²) in [4.78, 5) is 37.5. The van der Waals surface area contributed by atoms with Gasteiger partial charge in [-0.3, -0.25) is 14.4 Å². The third-order valence-electron chi connectivity index (χ3n) is 10.2. The maximum atomic E-state index is 13.0. The summed E-state index contributed by atoms with van der Waals surface area (Å²) >= 11 is 1.57. The SMILES string of the molecule is CC(C)CC(=O)S[C@@H]1CC2=CC(=O)CCC2(C)C2CCC3(C)C(CC[C@@]34CCC(=O)O4)C21. The van der Waals surface area contributed by atoms with Crippen LogP contribution in [0.1, 0.15) is 91.9 Å². The molecule has 4 nitrogen and oxygen atoms in total. The van der Waals surface area contributed by atoms with E-state index in [1.165, 1.54) is 5.57 Å². The normalized spacial score (nSPS) is 45.3. The molecule has 0 aromatic heterocycles. The van der Waals surface area contributed by atoms with Crippen LogP contribution in [0.15, 0.2) is 11.6 Å². The molecule has 0 bridgehead atoms. The minimum atomic E-state index is -0.295. The molecule has 0 aromatic rings. The van der Waals surface area contributed by atoms with Crippen LogP contribution in [0.2, 0.25) is 0 Å². The van der Waals surface area contributed by atoms with Crippen molar-refractivity contribution >= 4 is 28.6 Å². The first-order chi connectivity index (χ1) is 15.1. The molecule has 4 aliphatic carbocycles. The van der Waals surface area contributed by atoms with Crippen molar-refractivity contribution in [1.29, 1.82) is 0 Å². The predicted molar refractivity (Wildman–Crippen MR) is 126 cm³/mol. The average molecular weight is 459 g/mol. The van der Waals surface area contributed by atoms with Gasteiger partial charge in [0, 0.05) is 29.9 Å². The van der Waals surface area contributed by atoms with Crippen molar-refractivity contribution in [1.82, 2.24) is 0 Å². The zero-order chi connectivity index (χ0) is 22.9. The van der Waals surface area contributed by atoms with Crippen LogP contribution in [0.4, 0.5) is 0 Å². The summed E-state index contributed by atoms with van der Waals surface area (Å²) < 4.78 is 6.11. The molecule has 3 saturated carbocycles. The number of hydrogen-bond acceptors (Lipinski definition) is 5. The zero-order valence-corrected chi connectivity index (χ0v) is 20.9. The standard InChI is InChI=1S/C27H38O4S/c1-16(2)13-23(30)32-21-15-17-14-18(28)5-9-25(17,3)19-6-10-26(4)20(24(19)21)7-11-27(26)12-8-22(29)31-27/h14,16,19-21,24H,5-13,15H2,1-4H3/t19?,20?,21-,24?,25?,26?,27-/m1/s1. The molecule has 7 atom stereocenters. The fourth-order valence-electron chi connectivity index (χ4n) is 8.47. The summed E-state index contributed by atoms with van der Waals surface area (Å²) in [7, 11) is 0. The molecule has 1 saturated heterocycles. The molecule has 1 heterocycles. The number of carbonyl (C=O) groups excluding carboxylic acids is 3. The van der Waals surface area contributed by atoms with E-state index in [0.29, 0.717) is 48.0 Å². The Morgan fingerprint density at radius 1 is 1.09 bits per heavy atom. The van der Waals surface area contributed by atoms with E-state index < -0.39 is 0 Å². The largest absolute Gasteiger partial charge is 0.458 e. The Morgan fingerprint density at radius 3 is 2.53 bits per heavy atom. The number of esters is 1. The lowest BCUT2D eigenvalue weighted by Crippen LogP contribution is -2.57. The molecule has 5 rings (SSSR count). The zero-order valence-electron chi connectivity index (χ0n) is 20.1. The second kappa shape index (κ2) is 7.71. The number of ether oxygens (including phenoxy) is 1. The Bertz CT molecular complexity index is 877. The van der Waals surface area contributed by atoms with Crippen LogP contribution in [0.3, 0.4) is 0 Å². The van der Waals surface area contributed by atoms with E-state index in [0.717, 1.165) is 44.9 Å². The van der Waals surface area contributed by atoms with Gasteiger partial charge in [-0.25, -0.2) is 0 Å². The van der Waals surface area contributed by atoms with Crippen molar-refractivity contribution in [3.8, 4) is 0 Å². The van der Waals surface area contributed by atoms with Gasteiger partial charge in [0.05, 0.1) is 0 Å². The van der Waals surface area contributed by atoms with Gasteiger partial charge in [0.1, 0.15) is 5.60 Å². The number of carbonyl (C=O) groups is 3. The summed E-state index contributed by atoms with van der Waals surface area (Å²) in [6.07, 6.45) is 10.7. The Hall–Kier alpha value is -1.10. The molecular weight excluding hydrogens is 420 g/mol. The van der Waals surface area contributed by atoms with Gasteiger partial charge in [-0.05, 0) is 80.1 Å². The van der Waals surface area contributed by atoms with Crippen molar-refractivity contribution in [2.75, 3.05) is 0 Å². The van der Waals surface area contributed by atoms with Crippen molar-refractivity contribution in [2.24, 2.45) is 34.5 Å². The van der Waals surface area contributed by atoms with E-state index in [-0.39, 0.29) is 33.4 Å². The van der Waals surface area contributed by atoms with Crippen molar-refractivity contribution in [2.45, 2.75) is 103 Å². The second-order valence-electron chi connectivity index (χ2n) is 12.1. The minimum absolute atomic E-state index is 0.00228. The highest BCUT2D eigenvalue weighted by molar-refractivity contribution is 8.14. The number of thioether (sulfide) groups is 1. The average Bonchev–Trinajstić information content (AvgIpc) is 3.23. The molecule has 0 aromatic carbocycles. The fraction of sp³-hybridized carbons (Fsp3) is 0.815. The smallest absolute Gasteiger partial charge is 0.306 e. The summed E-state index contributed by atoms with van der Waals surface area (Å²) in [5.41, 5.74) is 1.08. The van der Waals surface area contributed by atoms with E-state index in [4.69, 9.17) is 4.74 Å². The maximum absolute atomic E-state index is 13.0. The minimum Gasteiger partial charge on any atom is -0.458 e. The lowest BCUT2D eigenvalue weighted by Gasteiger charge is -2.61. The molecule has 5 aliphatic rings. The van der Waals surface area contributed by atoms with Crippen LogP contribution in [0.25, 0.3) is 0 Å². The summed E-state index contributed by atoms with van der Waals surface area (Å²) in [5, 5.41) is 0.524. The van der Waals surface area contributed by atoms with Crippen LogP contribution in [-0.2, 0) is 19.1 Å². The lowest BCUT2D eigenvalue weighted by atomic mass is 9.46. The van der Waals surface area contributed by atoms with Crippen LogP contribution in [-0.4, -0.2) is 27.7 Å². The predicted octanol–water partition coefficient (Wildman–Crippen LogP) is 5.88. The summed E-state index contributed by atoms with van der Waals surface area (Å²) in [5.74, 6) is 2.02. The van der Waals surface area contributed by atoms with Gasteiger partial charge in [0.2, 0.25) is 0 Å². The van der Waals surface area contributed by atoms with Gasteiger partial charge in [-0.2, -0.15) is 0 Å². The quantitative estimate of drug-likeness (QED) is 0.494. The molecule has 1 aliphatic heterocycles. The Kier molecular flexibility index (Phi) is 5.47. The van der Waals surface area contributed by atoms with Gasteiger partial charge in [0.25, 0.3) is 0 Å². The third kappa shape index (κ3) is 3.27. The Morgan fingerprint density at radius 2 is 1.84 bits per heavy atom. The number of ketones is 1. The highest BCUT2D eigenvalue weighted by Gasteiger charge is 2.68. The molecule has 32 heavy (non-hydrogen) atoms. The van der Waals surface area contributed by atoms with Gasteiger partial charge in [0.15, 0.2) is 10.9 Å². The van der Waals surface area contributed by atoms with Gasteiger partial charge in [-0.15, -0.1) is 0 Å². The van der Waals surface area contributed by atoms with E-state index >= 15 is 0 Å². The molecule has 5 unspecified atom stereocenters. The summed E-state index contributed by atoms with van der Waals surface area (Å²) in [6, 6.07) is 0. The maximum Gasteiger partial charge on any atom is 0.306 e. The lowest BCUT2D eigenvalue weighted by molar-refractivity contribution is -0.167. The highest BCUT2D eigenvalue weighted by atomic mass is 32.2. The number of hydrogen-bond donors (Lipinski definition) is 0. The van der Waals surface area contributed by atoms with E-state index in [2.05, 4.69) is 27.7 Å². The van der Waals surface area contributed by atoms with E-state index in [1.54, 1.807) is 11.8 Å². The number of fused-ring (bicyclic) bond motifs is 6. The summed E-state index contributed by atoms with van der Waals surface area (Å²) in [6.45, 7) is 8.99. The molecule has 0 N–H and O–H groups in total.